The summed E-state index contributed by atoms with van der Waals surface area (Å²) in [5, 5.41) is 7.17. The summed E-state index contributed by atoms with van der Waals surface area (Å²) in [6.45, 7) is 1.55. The molecule has 0 saturated heterocycles. The lowest BCUT2D eigenvalue weighted by molar-refractivity contribution is -0.137. The van der Waals surface area contributed by atoms with Gasteiger partial charge in [0.2, 0.25) is 0 Å². The van der Waals surface area contributed by atoms with E-state index in [1.165, 1.54) is 12.1 Å². The van der Waals surface area contributed by atoms with Crippen LogP contribution in [0.2, 0.25) is 0 Å². The Morgan fingerprint density at radius 2 is 2.00 bits per heavy atom. The maximum absolute atomic E-state index is 12.9. The van der Waals surface area contributed by atoms with Crippen molar-refractivity contribution in [1.29, 1.82) is 0 Å². The fraction of sp³-hybridized carbons (Fsp3) is 0.200. The summed E-state index contributed by atoms with van der Waals surface area (Å²) in [5.41, 5.74) is 4.94. The van der Waals surface area contributed by atoms with Gasteiger partial charge in [-0.3, -0.25) is 0 Å². The van der Waals surface area contributed by atoms with Gasteiger partial charge in [0, 0.05) is 4.47 Å². The number of halogens is 4. The number of alkyl halides is 3. The number of hydrogen-bond acceptors (Lipinski definition) is 3. The molecule has 0 spiro atoms. The fourth-order valence-electron chi connectivity index (χ4n) is 1.49. The summed E-state index contributed by atoms with van der Waals surface area (Å²) in [6.07, 6.45) is -4.48. The summed E-state index contributed by atoms with van der Waals surface area (Å²) >= 11 is 3.02. The van der Waals surface area contributed by atoms with Crippen molar-refractivity contribution in [2.45, 2.75) is 13.1 Å². The van der Waals surface area contributed by atoms with Crippen LogP contribution >= 0.6 is 15.9 Å². The number of rotatable bonds is 1. The number of hydrogen-bond donors (Lipinski definition) is 1. The first-order valence-electron chi connectivity index (χ1n) is 4.85. The number of aromatic nitrogens is 3. The predicted molar refractivity (Wildman–Crippen MR) is 63.2 cm³/mol. The van der Waals surface area contributed by atoms with Crippen LogP contribution in [0.15, 0.2) is 22.7 Å². The van der Waals surface area contributed by atoms with Crippen LogP contribution in [0.5, 0.6) is 0 Å². The molecule has 0 saturated carbocycles. The molecule has 0 fully saturated rings. The molecular formula is C10H8BrF3N4. The van der Waals surface area contributed by atoms with Crippen molar-refractivity contribution in [1.82, 2.24) is 15.0 Å². The molecule has 0 amide bonds. The topological polar surface area (TPSA) is 56.7 Å². The van der Waals surface area contributed by atoms with Gasteiger partial charge in [-0.2, -0.15) is 13.2 Å². The predicted octanol–water partition coefficient (Wildman–Crippen LogP) is 2.94. The molecule has 1 heterocycles. The minimum atomic E-state index is -4.48. The maximum atomic E-state index is 12.9. The Labute approximate surface area is 109 Å². The molecule has 8 heteroatoms. The zero-order chi connectivity index (χ0) is 13.5. The van der Waals surface area contributed by atoms with E-state index in [1.807, 2.05) is 0 Å². The second-order valence-electron chi connectivity index (χ2n) is 3.63. The molecule has 0 aliphatic heterocycles. The van der Waals surface area contributed by atoms with Crippen LogP contribution in [-0.2, 0) is 6.18 Å². The van der Waals surface area contributed by atoms with Gasteiger partial charge in [-0.1, -0.05) is 21.1 Å². The van der Waals surface area contributed by atoms with Crippen LogP contribution in [-0.4, -0.2) is 15.0 Å². The lowest BCUT2D eigenvalue weighted by Gasteiger charge is -2.13. The molecule has 2 N–H and O–H groups in total. The molecule has 1 aromatic carbocycles. The quantitative estimate of drug-likeness (QED) is 0.879. The molecule has 0 aliphatic carbocycles. The highest BCUT2D eigenvalue weighted by molar-refractivity contribution is 9.10. The first-order valence-corrected chi connectivity index (χ1v) is 5.65. The molecule has 0 bridgehead atoms. The van der Waals surface area contributed by atoms with E-state index < -0.39 is 11.7 Å². The minimum absolute atomic E-state index is 0.103. The second kappa shape index (κ2) is 4.27. The summed E-state index contributed by atoms with van der Waals surface area (Å²) in [4.78, 5) is 0. The Morgan fingerprint density at radius 1 is 1.33 bits per heavy atom. The van der Waals surface area contributed by atoms with Crippen LogP contribution < -0.4 is 5.73 Å². The lowest BCUT2D eigenvalue weighted by Crippen LogP contribution is -2.12. The third-order valence-electron chi connectivity index (χ3n) is 2.42. The van der Waals surface area contributed by atoms with E-state index in [1.54, 1.807) is 6.92 Å². The smallest absolute Gasteiger partial charge is 0.381 e. The van der Waals surface area contributed by atoms with Gasteiger partial charge in [-0.15, -0.1) is 5.10 Å². The van der Waals surface area contributed by atoms with Crippen molar-refractivity contribution < 1.29 is 13.2 Å². The minimum Gasteiger partial charge on any atom is -0.381 e. The lowest BCUT2D eigenvalue weighted by atomic mass is 10.1. The van der Waals surface area contributed by atoms with E-state index in [-0.39, 0.29) is 11.5 Å². The Balaban J connectivity index is 2.68. The molecule has 1 aromatic heterocycles. The molecule has 0 atom stereocenters. The third kappa shape index (κ3) is 2.20. The van der Waals surface area contributed by atoms with Gasteiger partial charge in [0.05, 0.1) is 16.9 Å². The average molecular weight is 321 g/mol. The van der Waals surface area contributed by atoms with Crippen LogP contribution in [0.3, 0.4) is 0 Å². The highest BCUT2D eigenvalue weighted by atomic mass is 79.9. The molecule has 96 valence electrons. The van der Waals surface area contributed by atoms with E-state index in [9.17, 15) is 13.2 Å². The highest BCUT2D eigenvalue weighted by Crippen LogP contribution is 2.35. The molecule has 0 aliphatic rings. The van der Waals surface area contributed by atoms with Crippen LogP contribution in [0, 0.1) is 6.92 Å². The molecule has 4 nitrogen and oxygen atoms in total. The normalized spacial score (nSPS) is 11.8. The summed E-state index contributed by atoms with van der Waals surface area (Å²) < 4.78 is 40.2. The average Bonchev–Trinajstić information content (AvgIpc) is 2.59. The van der Waals surface area contributed by atoms with Gasteiger partial charge in [0.15, 0.2) is 5.82 Å². The Hall–Kier alpha value is -1.57. The van der Waals surface area contributed by atoms with E-state index in [4.69, 9.17) is 5.73 Å². The molecule has 2 rings (SSSR count). The highest BCUT2D eigenvalue weighted by Gasteiger charge is 2.35. The van der Waals surface area contributed by atoms with Crippen molar-refractivity contribution in [3.8, 4) is 5.69 Å². The van der Waals surface area contributed by atoms with Gasteiger partial charge in [-0.05, 0) is 25.1 Å². The van der Waals surface area contributed by atoms with Crippen LogP contribution in [0.4, 0.5) is 19.0 Å². The number of nitrogens with two attached hydrogens (primary N) is 1. The number of nitrogens with zero attached hydrogens (tertiary/aromatic N) is 3. The zero-order valence-electron chi connectivity index (χ0n) is 9.16. The maximum Gasteiger partial charge on any atom is 0.418 e. The van der Waals surface area contributed by atoms with Gasteiger partial charge in [0.25, 0.3) is 0 Å². The van der Waals surface area contributed by atoms with Gasteiger partial charge >= 0.3 is 6.18 Å². The van der Waals surface area contributed by atoms with Gasteiger partial charge < -0.3 is 5.73 Å². The first kappa shape index (κ1) is 12.9. The van der Waals surface area contributed by atoms with Crippen LogP contribution in [0.25, 0.3) is 5.69 Å². The molecule has 0 radical (unpaired) electrons. The van der Waals surface area contributed by atoms with Crippen LogP contribution in [0.1, 0.15) is 11.3 Å². The Morgan fingerprint density at radius 3 is 2.50 bits per heavy atom. The third-order valence-corrected chi connectivity index (χ3v) is 2.92. The Kier molecular flexibility index (Phi) is 3.05. The summed E-state index contributed by atoms with van der Waals surface area (Å²) in [6, 6.07) is 3.81. The van der Waals surface area contributed by atoms with Crippen molar-refractivity contribution in [2.24, 2.45) is 0 Å². The number of benzene rings is 1. The van der Waals surface area contributed by atoms with Gasteiger partial charge in [-0.25, -0.2) is 4.68 Å². The van der Waals surface area contributed by atoms with Crippen molar-refractivity contribution in [3.63, 3.8) is 0 Å². The summed E-state index contributed by atoms with van der Waals surface area (Å²) in [7, 11) is 0. The Bertz CT molecular complexity index is 591. The van der Waals surface area contributed by atoms with E-state index in [0.717, 1.165) is 10.7 Å². The zero-order valence-corrected chi connectivity index (χ0v) is 10.7. The SMILES string of the molecule is Cc1c(N)nnn1-c1ccc(Br)cc1C(F)(F)F. The van der Waals surface area contributed by atoms with E-state index in [2.05, 4.69) is 26.2 Å². The standard InChI is InChI=1S/C10H8BrF3N4/c1-5-9(15)16-17-18(5)8-3-2-6(11)4-7(8)10(12,13)14/h2-4H,15H2,1H3. The number of anilines is 1. The van der Waals surface area contributed by atoms with E-state index in [0.29, 0.717) is 10.2 Å². The number of nitrogen functional groups attached to an aromatic ring is 1. The molecular weight excluding hydrogens is 313 g/mol. The second-order valence-corrected chi connectivity index (χ2v) is 4.55. The molecule has 0 unspecified atom stereocenters. The van der Waals surface area contributed by atoms with Crippen molar-refractivity contribution >= 4 is 21.7 Å². The van der Waals surface area contributed by atoms with Crippen molar-refractivity contribution in [2.75, 3.05) is 5.73 Å². The summed E-state index contributed by atoms with van der Waals surface area (Å²) in [5.74, 6) is 0.103. The van der Waals surface area contributed by atoms with E-state index >= 15 is 0 Å². The molecule has 2 aromatic rings. The van der Waals surface area contributed by atoms with Crippen molar-refractivity contribution in [3.05, 3.63) is 33.9 Å². The first-order chi connectivity index (χ1) is 8.30. The fourth-order valence-corrected chi connectivity index (χ4v) is 1.85. The largest absolute Gasteiger partial charge is 0.418 e. The van der Waals surface area contributed by atoms with Gasteiger partial charge in [0.1, 0.15) is 0 Å². The molecule has 18 heavy (non-hydrogen) atoms. The monoisotopic (exact) mass is 320 g/mol.